The van der Waals surface area contributed by atoms with Crippen LogP contribution in [0.5, 0.6) is 0 Å². The molecule has 21 heavy (non-hydrogen) atoms. The normalized spacial score (nSPS) is 21.5. The quantitative estimate of drug-likeness (QED) is 0.402. The molecule has 0 saturated heterocycles. The molecule has 0 aliphatic carbocycles. The van der Waals surface area contributed by atoms with Gasteiger partial charge >= 0.3 is 5.97 Å². The summed E-state index contributed by atoms with van der Waals surface area (Å²) in [6.45, 7) is 3.79. The zero-order valence-corrected chi connectivity index (χ0v) is 12.6. The van der Waals surface area contributed by atoms with Gasteiger partial charge in [-0.15, -0.1) is 0 Å². The molecular formula is C15H15N3O2S. The highest BCUT2D eigenvalue weighted by molar-refractivity contribution is 7.80. The topological polar surface area (TPSA) is 75.4 Å². The molecule has 0 bridgehead atoms. The summed E-state index contributed by atoms with van der Waals surface area (Å²) in [7, 11) is 0. The number of carbonyl (C=O) groups is 1. The Kier molecular flexibility index (Phi) is 4.73. The van der Waals surface area contributed by atoms with Gasteiger partial charge in [0.1, 0.15) is 10.9 Å². The zero-order chi connectivity index (χ0) is 15.4. The fraction of sp³-hybridized carbons (Fsp3) is 0.333. The Morgan fingerprint density at radius 3 is 2.90 bits per heavy atom. The monoisotopic (exact) mass is 301 g/mol. The fourth-order valence-corrected chi connectivity index (χ4v) is 2.74. The molecule has 5 nitrogen and oxygen atoms in total. The van der Waals surface area contributed by atoms with E-state index in [0.29, 0.717) is 11.3 Å². The molecular weight excluding hydrogens is 286 g/mol. The molecule has 1 unspecified atom stereocenters. The highest BCUT2D eigenvalue weighted by atomic mass is 32.1. The molecule has 0 radical (unpaired) electrons. The smallest absolute Gasteiger partial charge is 0.315 e. The first-order valence-corrected chi connectivity index (χ1v) is 6.96. The summed E-state index contributed by atoms with van der Waals surface area (Å²) in [5.74, 6) is 0.927. The number of hydrogen-bond acceptors (Lipinski definition) is 5. The van der Waals surface area contributed by atoms with E-state index in [1.54, 1.807) is 32.3 Å². The lowest BCUT2D eigenvalue weighted by Gasteiger charge is -2.30. The summed E-state index contributed by atoms with van der Waals surface area (Å²) in [5, 5.41) is 7.49. The van der Waals surface area contributed by atoms with Crippen molar-refractivity contribution in [2.24, 2.45) is 10.9 Å². The van der Waals surface area contributed by atoms with E-state index in [-0.39, 0.29) is 17.6 Å². The first-order valence-electron chi connectivity index (χ1n) is 6.55. The minimum absolute atomic E-state index is 0.288. The Balaban J connectivity index is 2.57. The number of hydrogen-bond donors (Lipinski definition) is 1. The van der Waals surface area contributed by atoms with Crippen molar-refractivity contribution in [2.45, 2.75) is 19.8 Å². The molecule has 1 aromatic heterocycles. The molecule has 1 N–H and O–H groups in total. The second-order valence-electron chi connectivity index (χ2n) is 4.59. The number of pyridine rings is 1. The average Bonchev–Trinajstić information content (AvgIpc) is 2.47. The SMILES string of the molecule is CCOC(=O)C1C(C)=NC(=S)C(=C=N)[C@H]1c1cccnc1. The molecule has 2 heterocycles. The van der Waals surface area contributed by atoms with Gasteiger partial charge in [0.05, 0.1) is 12.2 Å². The molecule has 0 aromatic carbocycles. The van der Waals surface area contributed by atoms with Gasteiger partial charge < -0.3 is 4.74 Å². The van der Waals surface area contributed by atoms with E-state index >= 15 is 0 Å². The van der Waals surface area contributed by atoms with Crippen molar-refractivity contribution in [3.63, 3.8) is 0 Å². The van der Waals surface area contributed by atoms with Crippen molar-refractivity contribution in [3.8, 4) is 0 Å². The molecule has 0 amide bonds. The first kappa shape index (κ1) is 15.2. The molecule has 1 aromatic rings. The molecule has 0 fully saturated rings. The van der Waals surface area contributed by atoms with Gasteiger partial charge in [-0.1, -0.05) is 18.3 Å². The molecule has 1 aliphatic heterocycles. The molecule has 6 heteroatoms. The first-order chi connectivity index (χ1) is 10.1. The van der Waals surface area contributed by atoms with Crippen LogP contribution in [0.15, 0.2) is 35.1 Å². The molecule has 2 rings (SSSR count). The van der Waals surface area contributed by atoms with Crippen molar-refractivity contribution in [1.82, 2.24) is 4.98 Å². The third-order valence-corrected chi connectivity index (χ3v) is 3.63. The van der Waals surface area contributed by atoms with Crippen LogP contribution < -0.4 is 0 Å². The van der Waals surface area contributed by atoms with Crippen molar-refractivity contribution < 1.29 is 9.53 Å². The van der Waals surface area contributed by atoms with Crippen LogP contribution in [0.4, 0.5) is 0 Å². The lowest BCUT2D eigenvalue weighted by molar-refractivity contribution is -0.145. The lowest BCUT2D eigenvalue weighted by atomic mass is 9.77. The van der Waals surface area contributed by atoms with E-state index in [2.05, 4.69) is 15.8 Å². The van der Waals surface area contributed by atoms with Crippen LogP contribution in [0, 0.1) is 11.3 Å². The van der Waals surface area contributed by atoms with Gasteiger partial charge in [0, 0.05) is 24.0 Å². The number of nitrogens with zero attached hydrogens (tertiary/aromatic N) is 2. The van der Waals surface area contributed by atoms with Gasteiger partial charge in [-0.2, -0.15) is 0 Å². The number of aliphatic imine (C=N–C) groups is 1. The number of nitrogens with one attached hydrogen (secondary N) is 1. The molecule has 0 saturated carbocycles. The standard InChI is InChI=1S/C15H15N3O2S/c1-3-20-15(19)12-9(2)18-14(21)11(7-16)13(12)10-5-4-6-17-8-10/h4-6,8,12-13,16H,3H2,1-2H3/t12?,13-/m1/s1. The average molecular weight is 301 g/mol. The Hall–Kier alpha value is -2.17. The van der Waals surface area contributed by atoms with Crippen LogP contribution in [0.3, 0.4) is 0 Å². The largest absolute Gasteiger partial charge is 0.465 e. The molecule has 1 aliphatic rings. The summed E-state index contributed by atoms with van der Waals surface area (Å²) >= 11 is 5.20. The van der Waals surface area contributed by atoms with Gasteiger partial charge in [-0.05, 0) is 31.3 Å². The number of ether oxygens (including phenoxy) is 1. The van der Waals surface area contributed by atoms with Crippen molar-refractivity contribution in [2.75, 3.05) is 6.61 Å². The molecule has 2 atom stereocenters. The van der Waals surface area contributed by atoms with Crippen LogP contribution >= 0.6 is 12.2 Å². The maximum atomic E-state index is 12.3. The van der Waals surface area contributed by atoms with Crippen LogP contribution in [0.2, 0.25) is 0 Å². The maximum absolute atomic E-state index is 12.3. The number of aromatic nitrogens is 1. The minimum Gasteiger partial charge on any atom is -0.465 e. The Morgan fingerprint density at radius 2 is 2.33 bits per heavy atom. The Labute approximate surface area is 128 Å². The number of esters is 1. The Bertz CT molecular complexity index is 648. The predicted octanol–water partition coefficient (Wildman–Crippen LogP) is 2.32. The number of rotatable bonds is 3. The van der Waals surface area contributed by atoms with E-state index in [1.165, 1.54) is 0 Å². The van der Waals surface area contributed by atoms with E-state index in [4.69, 9.17) is 22.4 Å². The van der Waals surface area contributed by atoms with Crippen LogP contribution in [-0.2, 0) is 9.53 Å². The molecule has 108 valence electrons. The van der Waals surface area contributed by atoms with Gasteiger partial charge in [0.2, 0.25) is 0 Å². The van der Waals surface area contributed by atoms with E-state index in [1.807, 2.05) is 6.07 Å². The third kappa shape index (κ3) is 2.96. The van der Waals surface area contributed by atoms with E-state index in [0.717, 1.165) is 5.56 Å². The summed E-state index contributed by atoms with van der Waals surface area (Å²) < 4.78 is 5.15. The fourth-order valence-electron chi connectivity index (χ4n) is 2.42. The zero-order valence-electron chi connectivity index (χ0n) is 11.8. The number of thiocarbonyl (C=S) groups is 1. The van der Waals surface area contributed by atoms with Gasteiger partial charge in [-0.25, -0.2) is 4.99 Å². The minimum atomic E-state index is -0.603. The van der Waals surface area contributed by atoms with Crippen molar-refractivity contribution in [1.29, 1.82) is 5.41 Å². The Morgan fingerprint density at radius 1 is 1.57 bits per heavy atom. The predicted molar refractivity (Wildman–Crippen MR) is 84.0 cm³/mol. The summed E-state index contributed by atoms with van der Waals surface area (Å²) in [5.41, 5.74) is 1.80. The van der Waals surface area contributed by atoms with Crippen LogP contribution in [0.25, 0.3) is 0 Å². The number of carbonyl (C=O) groups excluding carboxylic acids is 1. The van der Waals surface area contributed by atoms with Gasteiger partial charge in [-0.3, -0.25) is 15.2 Å². The van der Waals surface area contributed by atoms with Crippen LogP contribution in [0.1, 0.15) is 25.3 Å². The summed E-state index contributed by atoms with van der Waals surface area (Å²) in [6.07, 6.45) is 3.31. The third-order valence-electron chi connectivity index (χ3n) is 3.32. The maximum Gasteiger partial charge on any atom is 0.315 e. The van der Waals surface area contributed by atoms with Crippen molar-refractivity contribution >= 4 is 34.8 Å². The molecule has 0 spiro atoms. The summed E-state index contributed by atoms with van der Waals surface area (Å²) in [6, 6.07) is 3.63. The van der Waals surface area contributed by atoms with Gasteiger partial charge in [0.25, 0.3) is 0 Å². The van der Waals surface area contributed by atoms with Crippen LogP contribution in [-0.4, -0.2) is 34.1 Å². The second kappa shape index (κ2) is 6.52. The van der Waals surface area contributed by atoms with E-state index in [9.17, 15) is 4.79 Å². The highest BCUT2D eigenvalue weighted by Crippen LogP contribution is 2.36. The van der Waals surface area contributed by atoms with Gasteiger partial charge in [0.15, 0.2) is 0 Å². The lowest BCUT2D eigenvalue weighted by Crippen LogP contribution is -2.36. The highest BCUT2D eigenvalue weighted by Gasteiger charge is 2.40. The van der Waals surface area contributed by atoms with Crippen molar-refractivity contribution in [3.05, 3.63) is 35.7 Å². The van der Waals surface area contributed by atoms with E-state index < -0.39 is 11.8 Å². The second-order valence-corrected chi connectivity index (χ2v) is 4.98. The summed E-state index contributed by atoms with van der Waals surface area (Å²) in [4.78, 5) is 20.9.